The van der Waals surface area contributed by atoms with E-state index in [1.54, 1.807) is 6.08 Å². The van der Waals surface area contributed by atoms with E-state index in [1.165, 1.54) is 0 Å². The molecule has 3 rings (SSSR count). The number of aldehydes is 1. The van der Waals surface area contributed by atoms with Crippen molar-refractivity contribution in [1.29, 1.82) is 0 Å². The number of hydrogen-bond donors (Lipinski definition) is 0. The van der Waals surface area contributed by atoms with Gasteiger partial charge in [0.15, 0.2) is 6.29 Å². The third-order valence-electron chi connectivity index (χ3n) is 3.56. The molecule has 1 aliphatic rings. The molecule has 0 fully saturated rings. The molecule has 4 nitrogen and oxygen atoms in total. The fourth-order valence-electron chi connectivity index (χ4n) is 2.69. The lowest BCUT2D eigenvalue weighted by Gasteiger charge is -2.21. The molecule has 0 aromatic heterocycles. The van der Waals surface area contributed by atoms with E-state index in [2.05, 4.69) is 0 Å². The monoisotopic (exact) mass is 253 g/mol. The van der Waals surface area contributed by atoms with Crippen molar-refractivity contribution in [2.45, 2.75) is 12.0 Å². The molecule has 0 saturated heterocycles. The molecule has 2 aromatic carbocycles. The average Bonchev–Trinajstić information content (AvgIpc) is 2.42. The largest absolute Gasteiger partial charge is 0.296 e. The van der Waals surface area contributed by atoms with Gasteiger partial charge in [-0.05, 0) is 21.9 Å². The molecule has 0 spiro atoms. The van der Waals surface area contributed by atoms with Crippen molar-refractivity contribution in [1.82, 2.24) is 0 Å². The first-order chi connectivity index (χ1) is 9.22. The molecule has 2 aromatic rings. The SMILES string of the molecule is O=CC(C1C=Cc2cccc3cccc1c23)[N+](=O)[O-]. The molecular weight excluding hydrogens is 242 g/mol. The Kier molecular flexibility index (Phi) is 2.63. The molecule has 0 aliphatic heterocycles. The van der Waals surface area contributed by atoms with Crippen LogP contribution in [0.2, 0.25) is 0 Å². The molecule has 2 unspecified atom stereocenters. The van der Waals surface area contributed by atoms with E-state index in [9.17, 15) is 14.9 Å². The molecule has 4 heteroatoms. The van der Waals surface area contributed by atoms with Gasteiger partial charge in [-0.1, -0.05) is 48.6 Å². The van der Waals surface area contributed by atoms with E-state index in [-0.39, 0.29) is 0 Å². The molecule has 19 heavy (non-hydrogen) atoms. The highest BCUT2D eigenvalue weighted by molar-refractivity contribution is 5.96. The Bertz CT molecular complexity index is 700. The van der Waals surface area contributed by atoms with E-state index in [0.29, 0.717) is 6.29 Å². The number of nitro groups is 1. The maximum Gasteiger partial charge on any atom is 0.277 e. The van der Waals surface area contributed by atoms with Crippen molar-refractivity contribution in [2.75, 3.05) is 0 Å². The summed E-state index contributed by atoms with van der Waals surface area (Å²) in [6.45, 7) is 0. The van der Waals surface area contributed by atoms with Gasteiger partial charge in [-0.2, -0.15) is 0 Å². The minimum absolute atomic E-state index is 0.418. The maximum atomic E-state index is 11.0. The lowest BCUT2D eigenvalue weighted by molar-refractivity contribution is -0.507. The molecule has 2 atom stereocenters. The third-order valence-corrected chi connectivity index (χ3v) is 3.56. The van der Waals surface area contributed by atoms with Crippen molar-refractivity contribution < 1.29 is 9.72 Å². The number of rotatable bonds is 3. The van der Waals surface area contributed by atoms with Crippen LogP contribution in [0.4, 0.5) is 0 Å². The summed E-state index contributed by atoms with van der Waals surface area (Å²) < 4.78 is 0. The van der Waals surface area contributed by atoms with Gasteiger partial charge in [-0.15, -0.1) is 0 Å². The van der Waals surface area contributed by atoms with Gasteiger partial charge in [0.05, 0.1) is 5.92 Å². The zero-order valence-corrected chi connectivity index (χ0v) is 10.0. The summed E-state index contributed by atoms with van der Waals surface area (Å²) in [4.78, 5) is 21.5. The Balaban J connectivity index is 2.24. The summed E-state index contributed by atoms with van der Waals surface area (Å²) in [5, 5.41) is 13.0. The van der Waals surface area contributed by atoms with Crippen molar-refractivity contribution in [2.24, 2.45) is 0 Å². The summed E-state index contributed by atoms with van der Waals surface area (Å²) in [6.07, 6.45) is 4.03. The normalized spacial score (nSPS) is 18.2. The van der Waals surface area contributed by atoms with Gasteiger partial charge in [0.1, 0.15) is 0 Å². The second kappa shape index (κ2) is 4.31. The lowest BCUT2D eigenvalue weighted by Crippen LogP contribution is -2.28. The number of hydrogen-bond acceptors (Lipinski definition) is 3. The fraction of sp³-hybridized carbons (Fsp3) is 0.133. The minimum Gasteiger partial charge on any atom is -0.296 e. The Morgan fingerprint density at radius 3 is 2.63 bits per heavy atom. The topological polar surface area (TPSA) is 60.2 Å². The predicted molar refractivity (Wildman–Crippen MR) is 72.6 cm³/mol. The number of benzene rings is 2. The van der Waals surface area contributed by atoms with Gasteiger partial charge in [-0.25, -0.2) is 0 Å². The van der Waals surface area contributed by atoms with E-state index in [0.717, 1.165) is 21.9 Å². The average molecular weight is 253 g/mol. The van der Waals surface area contributed by atoms with Crippen LogP contribution in [0.15, 0.2) is 42.5 Å². The summed E-state index contributed by atoms with van der Waals surface area (Å²) in [5.74, 6) is -0.494. The van der Waals surface area contributed by atoms with Crippen LogP contribution in [0.3, 0.4) is 0 Å². The molecule has 0 amide bonds. The molecule has 94 valence electrons. The number of nitrogens with zero attached hydrogens (tertiary/aromatic N) is 1. The fourth-order valence-corrected chi connectivity index (χ4v) is 2.69. The molecule has 0 bridgehead atoms. The van der Waals surface area contributed by atoms with Crippen molar-refractivity contribution in [3.8, 4) is 0 Å². The predicted octanol–water partition coefficient (Wildman–Crippen LogP) is 2.79. The van der Waals surface area contributed by atoms with Gasteiger partial charge >= 0.3 is 0 Å². The first-order valence-corrected chi connectivity index (χ1v) is 6.01. The van der Waals surface area contributed by atoms with Crippen LogP contribution in [-0.2, 0) is 4.79 Å². The highest BCUT2D eigenvalue weighted by Crippen LogP contribution is 2.36. The van der Waals surface area contributed by atoms with E-state index in [4.69, 9.17) is 0 Å². The summed E-state index contributed by atoms with van der Waals surface area (Å²) in [6, 6.07) is 10.4. The second-order valence-corrected chi connectivity index (χ2v) is 4.59. The summed E-state index contributed by atoms with van der Waals surface area (Å²) in [5.41, 5.74) is 1.89. The van der Waals surface area contributed by atoms with Crippen molar-refractivity contribution >= 4 is 23.1 Å². The van der Waals surface area contributed by atoms with Gasteiger partial charge < -0.3 is 0 Å². The highest BCUT2D eigenvalue weighted by atomic mass is 16.6. The summed E-state index contributed by atoms with van der Waals surface area (Å²) >= 11 is 0. The van der Waals surface area contributed by atoms with Crippen molar-refractivity contribution in [3.05, 3.63) is 63.7 Å². The van der Waals surface area contributed by atoms with Crippen LogP contribution in [0.5, 0.6) is 0 Å². The highest BCUT2D eigenvalue weighted by Gasteiger charge is 2.33. The Labute approximate surface area is 109 Å². The zero-order valence-electron chi connectivity index (χ0n) is 10.0. The molecule has 0 heterocycles. The van der Waals surface area contributed by atoms with Gasteiger partial charge in [0.2, 0.25) is 0 Å². The first-order valence-electron chi connectivity index (χ1n) is 6.01. The first kappa shape index (κ1) is 11.6. The Morgan fingerprint density at radius 2 is 1.95 bits per heavy atom. The van der Waals surface area contributed by atoms with Gasteiger partial charge in [0, 0.05) is 4.92 Å². The molecule has 1 aliphatic carbocycles. The smallest absolute Gasteiger partial charge is 0.277 e. The molecule has 0 saturated carbocycles. The van der Waals surface area contributed by atoms with Gasteiger partial charge in [0.25, 0.3) is 6.04 Å². The van der Waals surface area contributed by atoms with Crippen LogP contribution < -0.4 is 0 Å². The maximum absolute atomic E-state index is 11.0. The van der Waals surface area contributed by atoms with Crippen LogP contribution in [-0.4, -0.2) is 17.3 Å². The standard InChI is InChI=1S/C15H11NO3/c17-9-14(16(18)19)12-8-7-11-4-1-3-10-5-2-6-13(12)15(10)11/h1-9,12,14H. The van der Waals surface area contributed by atoms with Crippen LogP contribution in [0, 0.1) is 10.1 Å². The third kappa shape index (κ3) is 1.73. The minimum atomic E-state index is -1.23. The Morgan fingerprint density at radius 1 is 1.21 bits per heavy atom. The van der Waals surface area contributed by atoms with Gasteiger partial charge in [-0.3, -0.25) is 14.9 Å². The quantitative estimate of drug-likeness (QED) is 0.480. The van der Waals surface area contributed by atoms with Crippen LogP contribution in [0.1, 0.15) is 17.0 Å². The second-order valence-electron chi connectivity index (χ2n) is 4.59. The molecule has 0 radical (unpaired) electrons. The molecular formula is C15H11NO3. The Hall–Kier alpha value is -2.49. The van der Waals surface area contributed by atoms with E-state index in [1.807, 2.05) is 42.5 Å². The zero-order chi connectivity index (χ0) is 13.4. The molecule has 0 N–H and O–H groups in total. The van der Waals surface area contributed by atoms with E-state index >= 15 is 0 Å². The lowest BCUT2D eigenvalue weighted by atomic mass is 9.83. The van der Waals surface area contributed by atoms with E-state index < -0.39 is 16.9 Å². The number of carbonyl (C=O) groups excluding carboxylic acids is 1. The van der Waals surface area contributed by atoms with Crippen LogP contribution in [0.25, 0.3) is 16.8 Å². The van der Waals surface area contributed by atoms with Crippen LogP contribution >= 0.6 is 0 Å². The summed E-state index contributed by atoms with van der Waals surface area (Å²) in [7, 11) is 0. The number of carbonyl (C=O) groups is 1. The van der Waals surface area contributed by atoms with Crippen molar-refractivity contribution in [3.63, 3.8) is 0 Å².